The molecule has 3 heterocycles. The lowest BCUT2D eigenvalue weighted by molar-refractivity contribution is -0.161. The highest BCUT2D eigenvalue weighted by atomic mass is 32.2. The highest BCUT2D eigenvalue weighted by molar-refractivity contribution is 8.13. The van der Waals surface area contributed by atoms with Gasteiger partial charge < -0.3 is 25.4 Å². The fourth-order valence-electron chi connectivity index (χ4n) is 4.68. The summed E-state index contributed by atoms with van der Waals surface area (Å²) in [5, 5.41) is 24.1. The van der Waals surface area contributed by atoms with E-state index in [9.17, 15) is 24.4 Å². The molecule has 15 nitrogen and oxygen atoms in total. The van der Waals surface area contributed by atoms with Crippen LogP contribution in [0.1, 0.15) is 74.0 Å². The van der Waals surface area contributed by atoms with E-state index in [1.165, 1.54) is 10.9 Å². The quantitative estimate of drug-likeness (QED) is 0.107. The summed E-state index contributed by atoms with van der Waals surface area (Å²) < 4.78 is 37.9. The number of imidazole rings is 1. The molecule has 0 saturated carbocycles. The molecule has 1 fully saturated rings. The molecule has 244 valence electrons. The molecule has 0 amide bonds. The molecule has 0 bridgehead atoms. The van der Waals surface area contributed by atoms with E-state index >= 15 is 0 Å². The molecule has 6 N–H and O–H groups in total. The average Bonchev–Trinajstić information content (AvgIpc) is 3.42. The number of aliphatic hydroxyl groups is 2. The molecule has 0 radical (unpaired) electrons. The number of anilines is 1. The fraction of sp³-hybridized carbons (Fsp3) is 0.769. The number of nitrogens with zero attached hydrogens (tertiary/aromatic N) is 3. The average molecular weight is 649 g/mol. The van der Waals surface area contributed by atoms with E-state index in [2.05, 4.69) is 20.0 Å². The van der Waals surface area contributed by atoms with Gasteiger partial charge in [0.05, 0.1) is 37.8 Å². The number of rotatable bonds is 15. The SMILES string of the molecule is CCCC(C)(C)C(=O)SCCOP(=O)(NCC(O)OC(C)(C)C)OCC1CC(C)(O)C(n2cnc3c(=O)[nH]c(N)nc32)O1. The van der Waals surface area contributed by atoms with Gasteiger partial charge in [0.15, 0.2) is 28.8 Å². The van der Waals surface area contributed by atoms with E-state index in [0.29, 0.717) is 0 Å². The van der Waals surface area contributed by atoms with Gasteiger partial charge in [-0.2, -0.15) is 4.98 Å². The number of nitrogens with one attached hydrogen (secondary N) is 2. The first-order chi connectivity index (χ1) is 19.9. The van der Waals surface area contributed by atoms with Crippen molar-refractivity contribution in [2.75, 3.05) is 31.2 Å². The zero-order valence-electron chi connectivity index (χ0n) is 25.8. The van der Waals surface area contributed by atoms with E-state index in [1.807, 2.05) is 20.8 Å². The number of nitrogens with two attached hydrogens (primary N) is 1. The minimum Gasteiger partial charge on any atom is -0.385 e. The van der Waals surface area contributed by atoms with Gasteiger partial charge in [-0.15, -0.1) is 0 Å². The van der Waals surface area contributed by atoms with Crippen molar-refractivity contribution in [3.05, 3.63) is 16.7 Å². The first-order valence-electron chi connectivity index (χ1n) is 14.1. The zero-order valence-corrected chi connectivity index (χ0v) is 27.5. The monoisotopic (exact) mass is 648 g/mol. The lowest BCUT2D eigenvalue weighted by Gasteiger charge is -2.26. The smallest absolute Gasteiger partial charge is 0.385 e. The minimum absolute atomic E-state index is 0.00792. The summed E-state index contributed by atoms with van der Waals surface area (Å²) >= 11 is 1.09. The third-order valence-corrected chi connectivity index (χ3v) is 9.35. The Balaban J connectivity index is 1.68. The molecule has 0 aliphatic carbocycles. The number of thioether (sulfide) groups is 1. The molecule has 0 spiro atoms. The van der Waals surface area contributed by atoms with Crippen LogP contribution in [0.25, 0.3) is 11.2 Å². The van der Waals surface area contributed by atoms with Gasteiger partial charge in [-0.25, -0.2) is 14.6 Å². The Labute approximate surface area is 255 Å². The molecule has 43 heavy (non-hydrogen) atoms. The number of carbonyl (C=O) groups excluding carboxylic acids is 1. The molecule has 2 aromatic heterocycles. The van der Waals surface area contributed by atoms with Gasteiger partial charge in [-0.05, 0) is 34.1 Å². The maximum atomic E-state index is 13.7. The molecular weight excluding hydrogens is 603 g/mol. The molecule has 5 atom stereocenters. The second-order valence-corrected chi connectivity index (χ2v) is 15.3. The minimum atomic E-state index is -4.05. The van der Waals surface area contributed by atoms with Crippen molar-refractivity contribution < 1.29 is 38.1 Å². The third kappa shape index (κ3) is 9.80. The van der Waals surface area contributed by atoms with Crippen LogP contribution in [0.2, 0.25) is 0 Å². The summed E-state index contributed by atoms with van der Waals surface area (Å²) in [4.78, 5) is 35.4. The summed E-state index contributed by atoms with van der Waals surface area (Å²) in [6, 6.07) is 0. The second kappa shape index (κ2) is 14.0. The molecule has 17 heteroatoms. The van der Waals surface area contributed by atoms with Crippen LogP contribution in [0, 0.1) is 5.41 Å². The van der Waals surface area contributed by atoms with Crippen molar-refractivity contribution in [1.82, 2.24) is 24.6 Å². The van der Waals surface area contributed by atoms with Crippen LogP contribution in [-0.4, -0.2) is 84.0 Å². The van der Waals surface area contributed by atoms with Crippen LogP contribution in [-0.2, 0) is 27.9 Å². The number of nitrogen functional groups attached to an aromatic ring is 1. The zero-order chi connectivity index (χ0) is 32.2. The summed E-state index contributed by atoms with van der Waals surface area (Å²) in [5.74, 6) is 0.120. The number of hydrogen-bond donors (Lipinski definition) is 5. The highest BCUT2D eigenvalue weighted by Gasteiger charge is 2.46. The number of aromatic amines is 1. The number of fused-ring (bicyclic) bond motifs is 1. The number of carbonyl (C=O) groups is 1. The standard InChI is InChI=1S/C26H45N6O9PS/c1-8-9-25(5,6)22(35)43-11-10-38-42(37,29-13-17(33)41-24(2,3)4)39-14-16-12-26(7,36)21(40-16)32-15-28-18-19(32)30-23(27)31-20(18)34/h15-17,21,33,36H,8-14H2,1-7H3,(H,29,37)(H3,27,30,31,34). The predicted octanol–water partition coefficient (Wildman–Crippen LogP) is 2.69. The van der Waals surface area contributed by atoms with Gasteiger partial charge in [-0.3, -0.25) is 28.2 Å². The Bertz CT molecular complexity index is 1360. The lowest BCUT2D eigenvalue weighted by Crippen LogP contribution is -2.35. The molecule has 2 aromatic rings. The summed E-state index contributed by atoms with van der Waals surface area (Å²) in [6.07, 6.45) is -0.0592. The highest BCUT2D eigenvalue weighted by Crippen LogP contribution is 2.46. The van der Waals surface area contributed by atoms with E-state index < -0.39 is 48.5 Å². The van der Waals surface area contributed by atoms with Gasteiger partial charge in [-0.1, -0.05) is 39.0 Å². The number of aromatic nitrogens is 4. The summed E-state index contributed by atoms with van der Waals surface area (Å²) in [7, 11) is -4.05. The van der Waals surface area contributed by atoms with Crippen molar-refractivity contribution in [3.8, 4) is 0 Å². The number of H-pyrrole nitrogens is 1. The van der Waals surface area contributed by atoms with Crippen LogP contribution in [0.5, 0.6) is 0 Å². The second-order valence-electron chi connectivity index (χ2n) is 12.4. The Kier molecular flexibility index (Phi) is 11.6. The Morgan fingerprint density at radius 3 is 2.72 bits per heavy atom. The first kappa shape index (κ1) is 35.6. The first-order valence-corrected chi connectivity index (χ1v) is 16.7. The molecule has 0 aromatic carbocycles. The van der Waals surface area contributed by atoms with Crippen LogP contribution in [0.3, 0.4) is 0 Å². The van der Waals surface area contributed by atoms with E-state index in [0.717, 1.165) is 24.6 Å². The molecule has 3 rings (SSSR count). The normalized spacial score (nSPS) is 23.5. The summed E-state index contributed by atoms with van der Waals surface area (Å²) in [5.41, 5.74) is 2.73. The van der Waals surface area contributed by atoms with E-state index in [1.54, 1.807) is 27.7 Å². The lowest BCUT2D eigenvalue weighted by atomic mass is 9.90. The third-order valence-electron chi connectivity index (χ3n) is 6.58. The largest absolute Gasteiger partial charge is 0.405 e. The Morgan fingerprint density at radius 2 is 2.07 bits per heavy atom. The molecular formula is C26H45N6O9PS. The Morgan fingerprint density at radius 1 is 1.37 bits per heavy atom. The van der Waals surface area contributed by atoms with E-state index in [4.69, 9.17) is 24.3 Å². The molecule has 1 aliphatic rings. The van der Waals surface area contributed by atoms with Crippen molar-refractivity contribution in [3.63, 3.8) is 0 Å². The summed E-state index contributed by atoms with van der Waals surface area (Å²) in [6.45, 7) is 12.0. The molecule has 5 unspecified atom stereocenters. The predicted molar refractivity (Wildman–Crippen MR) is 162 cm³/mol. The molecule has 1 aliphatic heterocycles. The van der Waals surface area contributed by atoms with Crippen molar-refractivity contribution in [2.24, 2.45) is 5.41 Å². The number of ether oxygens (including phenoxy) is 2. The van der Waals surface area contributed by atoms with Crippen LogP contribution >= 0.6 is 19.5 Å². The fourth-order valence-corrected chi connectivity index (χ4v) is 6.98. The maximum absolute atomic E-state index is 13.7. The van der Waals surface area contributed by atoms with Crippen molar-refractivity contribution in [1.29, 1.82) is 0 Å². The van der Waals surface area contributed by atoms with Crippen molar-refractivity contribution in [2.45, 2.75) is 97.6 Å². The molecule has 1 saturated heterocycles. The van der Waals surface area contributed by atoms with Gasteiger partial charge in [0.2, 0.25) is 5.95 Å². The van der Waals surface area contributed by atoms with Crippen molar-refractivity contribution >= 4 is 41.7 Å². The number of hydrogen-bond acceptors (Lipinski definition) is 13. The van der Waals surface area contributed by atoms with Crippen LogP contribution in [0.15, 0.2) is 11.1 Å². The van der Waals surface area contributed by atoms with Gasteiger partial charge in [0.25, 0.3) is 5.56 Å². The van der Waals surface area contributed by atoms with Gasteiger partial charge >= 0.3 is 7.75 Å². The van der Waals surface area contributed by atoms with E-state index in [-0.39, 0.29) is 54.2 Å². The van der Waals surface area contributed by atoms with Gasteiger partial charge in [0, 0.05) is 17.6 Å². The maximum Gasteiger partial charge on any atom is 0.405 e. The number of aliphatic hydroxyl groups excluding tert-OH is 1. The Hall–Kier alpha value is -1.88. The van der Waals surface area contributed by atoms with Gasteiger partial charge in [0.1, 0.15) is 5.60 Å². The van der Waals surface area contributed by atoms with Crippen LogP contribution < -0.4 is 16.4 Å². The van der Waals surface area contributed by atoms with Crippen LogP contribution in [0.4, 0.5) is 5.95 Å². The topological polar surface area (TPSA) is 213 Å².